The molecule has 35 heavy (non-hydrogen) atoms. The van der Waals surface area contributed by atoms with Gasteiger partial charge < -0.3 is 10.2 Å². The second-order valence-electron chi connectivity index (χ2n) is 8.58. The summed E-state index contributed by atoms with van der Waals surface area (Å²) in [5.41, 5.74) is 1.95. The molecule has 0 bridgehead atoms. The first-order valence-corrected chi connectivity index (χ1v) is 13.4. The minimum absolute atomic E-state index is 0.0331. The predicted octanol–water partition coefficient (Wildman–Crippen LogP) is 6.99. The topological polar surface area (TPSA) is 75.2 Å². The molecular formula is C27H33ClN4O2S. The number of nitrogens with one attached hydrogen (secondary N) is 1. The van der Waals surface area contributed by atoms with Gasteiger partial charge in [0.1, 0.15) is 5.01 Å². The summed E-state index contributed by atoms with van der Waals surface area (Å²) in [4.78, 5) is 28.1. The van der Waals surface area contributed by atoms with Gasteiger partial charge in [-0.15, -0.1) is 10.2 Å². The number of rotatable bonds is 12. The summed E-state index contributed by atoms with van der Waals surface area (Å²) < 4.78 is 0. The van der Waals surface area contributed by atoms with Gasteiger partial charge in [-0.2, -0.15) is 0 Å². The van der Waals surface area contributed by atoms with E-state index in [4.69, 9.17) is 11.6 Å². The first-order valence-electron chi connectivity index (χ1n) is 12.2. The third kappa shape index (κ3) is 7.61. The van der Waals surface area contributed by atoms with Crippen molar-refractivity contribution in [1.82, 2.24) is 15.1 Å². The quantitative estimate of drug-likeness (QED) is 0.283. The number of hydrogen-bond donors (Lipinski definition) is 1. The normalized spacial score (nSPS) is 12.7. The number of benzene rings is 2. The molecule has 1 N–H and O–H groups in total. The molecule has 1 aromatic heterocycles. The van der Waals surface area contributed by atoms with Crippen LogP contribution in [-0.2, 0) is 9.59 Å². The summed E-state index contributed by atoms with van der Waals surface area (Å²) in [6.45, 7) is 6.56. The van der Waals surface area contributed by atoms with Crippen molar-refractivity contribution in [3.8, 4) is 10.6 Å². The molecule has 0 saturated heterocycles. The third-order valence-corrected chi connectivity index (χ3v) is 7.26. The molecule has 2 unspecified atom stereocenters. The van der Waals surface area contributed by atoms with E-state index in [9.17, 15) is 9.59 Å². The molecule has 8 heteroatoms. The highest BCUT2D eigenvalue weighted by molar-refractivity contribution is 7.18. The minimum atomic E-state index is -0.191. The van der Waals surface area contributed by atoms with E-state index < -0.39 is 0 Å². The summed E-state index contributed by atoms with van der Waals surface area (Å²) >= 11 is 7.26. The van der Waals surface area contributed by atoms with E-state index in [-0.39, 0.29) is 30.2 Å². The molecule has 0 saturated carbocycles. The highest BCUT2D eigenvalue weighted by Gasteiger charge is 2.27. The summed E-state index contributed by atoms with van der Waals surface area (Å²) in [5.74, 6) is -0.108. The van der Waals surface area contributed by atoms with Gasteiger partial charge in [0.15, 0.2) is 0 Å². The molecule has 0 aliphatic heterocycles. The standard InChI is InChI=1S/C27H33ClN4O2S/c1-4-6-10-20(5-2)26(34)32(19(3)21-11-8-7-9-12-21)18-17-24(33)29-27-31-30-25(35-27)22-13-15-23(28)16-14-22/h7-9,11-16,19-20H,4-6,10,17-18H2,1-3H3,(H,29,31,33). The maximum absolute atomic E-state index is 13.5. The Balaban J connectivity index is 1.67. The Morgan fingerprint density at radius 3 is 2.43 bits per heavy atom. The maximum Gasteiger partial charge on any atom is 0.227 e. The first kappa shape index (κ1) is 26.8. The highest BCUT2D eigenvalue weighted by atomic mass is 35.5. The number of unbranched alkanes of at least 4 members (excludes halogenated alkanes) is 1. The molecule has 0 spiro atoms. The van der Waals surface area contributed by atoms with Crippen LogP contribution in [0.25, 0.3) is 10.6 Å². The van der Waals surface area contributed by atoms with E-state index in [1.165, 1.54) is 11.3 Å². The van der Waals surface area contributed by atoms with Crippen LogP contribution in [0.4, 0.5) is 5.13 Å². The number of carbonyl (C=O) groups is 2. The Morgan fingerprint density at radius 1 is 1.06 bits per heavy atom. The van der Waals surface area contributed by atoms with Gasteiger partial charge in [0.2, 0.25) is 16.9 Å². The van der Waals surface area contributed by atoms with Gasteiger partial charge in [0, 0.05) is 29.5 Å². The highest BCUT2D eigenvalue weighted by Crippen LogP contribution is 2.28. The molecule has 2 aromatic carbocycles. The van der Waals surface area contributed by atoms with E-state index in [2.05, 4.69) is 29.4 Å². The Labute approximate surface area is 216 Å². The van der Waals surface area contributed by atoms with E-state index in [0.29, 0.717) is 21.7 Å². The second-order valence-corrected chi connectivity index (χ2v) is 10.00. The van der Waals surface area contributed by atoms with Crippen LogP contribution < -0.4 is 5.32 Å². The molecule has 0 fully saturated rings. The van der Waals surface area contributed by atoms with E-state index in [1.807, 2.05) is 54.3 Å². The Kier molecular flexibility index (Phi) is 10.2. The molecule has 1 heterocycles. The van der Waals surface area contributed by atoms with Crippen molar-refractivity contribution in [2.24, 2.45) is 5.92 Å². The Hall–Kier alpha value is -2.77. The fraction of sp³-hybridized carbons (Fsp3) is 0.407. The van der Waals surface area contributed by atoms with Crippen LogP contribution in [-0.4, -0.2) is 33.5 Å². The summed E-state index contributed by atoms with van der Waals surface area (Å²) in [6.07, 6.45) is 3.92. The molecule has 6 nitrogen and oxygen atoms in total. The predicted molar refractivity (Wildman–Crippen MR) is 143 cm³/mol. The zero-order valence-electron chi connectivity index (χ0n) is 20.5. The van der Waals surface area contributed by atoms with Crippen LogP contribution in [0.3, 0.4) is 0 Å². The molecular weight excluding hydrogens is 480 g/mol. The van der Waals surface area contributed by atoms with Crippen molar-refractivity contribution in [2.75, 3.05) is 11.9 Å². The van der Waals surface area contributed by atoms with Crippen LogP contribution in [0.2, 0.25) is 5.02 Å². The Bertz CT molecular complexity index is 1090. The van der Waals surface area contributed by atoms with Crippen LogP contribution in [0.1, 0.15) is 64.5 Å². The lowest BCUT2D eigenvalue weighted by Crippen LogP contribution is -2.39. The largest absolute Gasteiger partial charge is 0.335 e. The molecule has 2 atom stereocenters. The van der Waals surface area contributed by atoms with Crippen molar-refractivity contribution in [3.05, 3.63) is 65.2 Å². The van der Waals surface area contributed by atoms with E-state index in [0.717, 1.165) is 36.8 Å². The van der Waals surface area contributed by atoms with Crippen molar-refractivity contribution in [1.29, 1.82) is 0 Å². The molecule has 3 aromatic rings. The zero-order valence-corrected chi connectivity index (χ0v) is 22.1. The number of nitrogens with zero attached hydrogens (tertiary/aromatic N) is 3. The SMILES string of the molecule is CCCCC(CC)C(=O)N(CCC(=O)Nc1nnc(-c2ccc(Cl)cc2)s1)C(C)c1ccccc1. The summed E-state index contributed by atoms with van der Waals surface area (Å²) in [5, 5.41) is 12.9. The molecule has 0 aliphatic rings. The molecule has 186 valence electrons. The van der Waals surface area contributed by atoms with E-state index >= 15 is 0 Å². The molecule has 0 radical (unpaired) electrons. The van der Waals surface area contributed by atoms with Gasteiger partial charge in [-0.05, 0) is 37.5 Å². The number of aromatic nitrogens is 2. The van der Waals surface area contributed by atoms with Crippen molar-refractivity contribution >= 4 is 39.9 Å². The Morgan fingerprint density at radius 2 is 1.77 bits per heavy atom. The summed E-state index contributed by atoms with van der Waals surface area (Å²) in [6, 6.07) is 17.2. The fourth-order valence-electron chi connectivity index (χ4n) is 3.98. The average molecular weight is 513 g/mol. The zero-order chi connectivity index (χ0) is 25.2. The summed E-state index contributed by atoms with van der Waals surface area (Å²) in [7, 11) is 0. The van der Waals surface area contributed by atoms with Crippen LogP contribution in [0.15, 0.2) is 54.6 Å². The van der Waals surface area contributed by atoms with Gasteiger partial charge in [-0.1, -0.05) is 92.1 Å². The van der Waals surface area contributed by atoms with Gasteiger partial charge in [0.05, 0.1) is 6.04 Å². The monoisotopic (exact) mass is 512 g/mol. The lowest BCUT2D eigenvalue weighted by Gasteiger charge is -2.32. The lowest BCUT2D eigenvalue weighted by molar-refractivity contribution is -0.138. The number of anilines is 1. The third-order valence-electron chi connectivity index (χ3n) is 6.12. The van der Waals surface area contributed by atoms with Gasteiger partial charge in [-0.3, -0.25) is 9.59 Å². The molecule has 2 amide bonds. The number of amides is 2. The van der Waals surface area contributed by atoms with E-state index in [1.54, 1.807) is 12.1 Å². The van der Waals surface area contributed by atoms with Crippen molar-refractivity contribution in [2.45, 2.75) is 58.9 Å². The molecule has 0 aliphatic carbocycles. The number of carbonyl (C=O) groups excluding carboxylic acids is 2. The van der Waals surface area contributed by atoms with Crippen molar-refractivity contribution < 1.29 is 9.59 Å². The van der Waals surface area contributed by atoms with Crippen LogP contribution in [0, 0.1) is 5.92 Å². The van der Waals surface area contributed by atoms with Gasteiger partial charge in [-0.25, -0.2) is 0 Å². The van der Waals surface area contributed by atoms with Crippen LogP contribution in [0.5, 0.6) is 0 Å². The fourth-order valence-corrected chi connectivity index (χ4v) is 4.87. The lowest BCUT2D eigenvalue weighted by atomic mass is 9.96. The second kappa shape index (κ2) is 13.4. The van der Waals surface area contributed by atoms with Crippen LogP contribution >= 0.6 is 22.9 Å². The smallest absolute Gasteiger partial charge is 0.227 e. The van der Waals surface area contributed by atoms with Gasteiger partial charge >= 0.3 is 0 Å². The number of halogens is 1. The molecule has 3 rings (SSSR count). The number of hydrogen-bond acceptors (Lipinski definition) is 5. The van der Waals surface area contributed by atoms with Gasteiger partial charge in [0.25, 0.3) is 0 Å². The average Bonchev–Trinajstić information content (AvgIpc) is 3.33. The minimum Gasteiger partial charge on any atom is -0.335 e. The maximum atomic E-state index is 13.5. The van der Waals surface area contributed by atoms with Crippen molar-refractivity contribution in [3.63, 3.8) is 0 Å². The first-order chi connectivity index (χ1) is 16.9.